The number of ether oxygens (including phenoxy) is 3. The van der Waals surface area contributed by atoms with E-state index >= 15 is 0 Å². The van der Waals surface area contributed by atoms with Crippen molar-refractivity contribution in [2.75, 3.05) is 66.8 Å². The fraction of sp³-hybridized carbons (Fsp3) is 0.720. The summed E-state index contributed by atoms with van der Waals surface area (Å²) in [5.41, 5.74) is 1.36. The first-order valence-corrected chi connectivity index (χ1v) is 12.0. The van der Waals surface area contributed by atoms with Gasteiger partial charge in [0.05, 0.1) is 20.3 Å². The molecule has 1 unspecified atom stereocenters. The molecule has 1 atom stereocenters. The Kier molecular flexibility index (Phi) is 12.2. The summed E-state index contributed by atoms with van der Waals surface area (Å²) in [6, 6.07) is 8.98. The fourth-order valence-corrected chi connectivity index (χ4v) is 4.81. The molecule has 0 aromatic heterocycles. The number of aliphatic imine (C=N–C) groups is 1. The molecule has 2 heterocycles. The maximum atomic E-state index is 5.69. The topological polar surface area (TPSA) is 67.4 Å². The Bertz CT molecular complexity index is 702. The normalized spacial score (nSPS) is 20.1. The van der Waals surface area contributed by atoms with Gasteiger partial charge in [-0.3, -0.25) is 9.89 Å². The smallest absolute Gasteiger partial charge is 0.191 e. The molecule has 0 saturated carbocycles. The first-order valence-electron chi connectivity index (χ1n) is 12.0. The predicted molar refractivity (Wildman–Crippen MR) is 145 cm³/mol. The summed E-state index contributed by atoms with van der Waals surface area (Å²) in [5.74, 6) is 2.41. The van der Waals surface area contributed by atoms with E-state index in [1.54, 1.807) is 7.11 Å². The second-order valence-electron chi connectivity index (χ2n) is 9.36. The molecule has 33 heavy (non-hydrogen) atoms. The molecule has 2 aliphatic rings. The summed E-state index contributed by atoms with van der Waals surface area (Å²) in [7, 11) is 3.56. The van der Waals surface area contributed by atoms with Gasteiger partial charge in [-0.25, -0.2) is 0 Å². The van der Waals surface area contributed by atoms with E-state index in [-0.39, 0.29) is 29.4 Å². The Labute approximate surface area is 217 Å². The molecule has 0 radical (unpaired) electrons. The Hall–Kier alpha value is -1.10. The zero-order valence-corrected chi connectivity index (χ0v) is 23.1. The van der Waals surface area contributed by atoms with Gasteiger partial charge in [-0.15, -0.1) is 24.0 Å². The minimum atomic E-state index is 0. The number of hydrogen-bond acceptors (Lipinski definition) is 5. The van der Waals surface area contributed by atoms with Crippen molar-refractivity contribution in [1.82, 2.24) is 15.5 Å². The molecule has 0 amide bonds. The highest BCUT2D eigenvalue weighted by Crippen LogP contribution is 2.35. The van der Waals surface area contributed by atoms with Crippen LogP contribution in [0.5, 0.6) is 5.75 Å². The van der Waals surface area contributed by atoms with Crippen molar-refractivity contribution in [2.24, 2.45) is 10.9 Å². The van der Waals surface area contributed by atoms with Crippen molar-refractivity contribution in [3.8, 4) is 5.75 Å². The van der Waals surface area contributed by atoms with Crippen LogP contribution in [0.4, 0.5) is 0 Å². The quantitative estimate of drug-likeness (QED) is 0.268. The van der Waals surface area contributed by atoms with Gasteiger partial charge < -0.3 is 24.8 Å². The van der Waals surface area contributed by atoms with E-state index < -0.39 is 0 Å². The molecule has 0 spiro atoms. The van der Waals surface area contributed by atoms with Crippen LogP contribution < -0.4 is 15.4 Å². The lowest BCUT2D eigenvalue weighted by molar-refractivity contribution is 0.0132. The van der Waals surface area contributed by atoms with Crippen molar-refractivity contribution >= 4 is 29.9 Å². The van der Waals surface area contributed by atoms with E-state index in [9.17, 15) is 0 Å². The molecular formula is C25H43IN4O3. The van der Waals surface area contributed by atoms with Crippen molar-refractivity contribution < 1.29 is 14.2 Å². The summed E-state index contributed by atoms with van der Waals surface area (Å²) < 4.78 is 16.6. The highest BCUT2D eigenvalue weighted by Gasteiger charge is 2.34. The first-order chi connectivity index (χ1) is 15.6. The number of nitrogens with zero attached hydrogens (tertiary/aromatic N) is 2. The lowest BCUT2D eigenvalue weighted by Gasteiger charge is -2.39. The van der Waals surface area contributed by atoms with Crippen molar-refractivity contribution in [3.63, 3.8) is 0 Å². The van der Waals surface area contributed by atoms with Gasteiger partial charge in [0.25, 0.3) is 0 Å². The molecule has 2 aliphatic heterocycles. The van der Waals surface area contributed by atoms with Crippen LogP contribution >= 0.6 is 24.0 Å². The molecule has 0 aliphatic carbocycles. The number of hydrogen-bond donors (Lipinski definition) is 2. The van der Waals surface area contributed by atoms with Crippen LogP contribution in [0.1, 0.15) is 38.7 Å². The van der Waals surface area contributed by atoms with Gasteiger partial charge in [0.15, 0.2) is 5.96 Å². The fourth-order valence-electron chi connectivity index (χ4n) is 4.81. The molecule has 1 aromatic carbocycles. The zero-order chi connectivity index (χ0) is 22.8. The third-order valence-electron chi connectivity index (χ3n) is 6.78. The maximum Gasteiger partial charge on any atom is 0.191 e. The van der Waals surface area contributed by atoms with E-state index in [1.807, 2.05) is 7.05 Å². The lowest BCUT2D eigenvalue weighted by Crippen LogP contribution is -2.52. The summed E-state index contributed by atoms with van der Waals surface area (Å²) in [6.07, 6.45) is 3.15. The minimum absolute atomic E-state index is 0. The van der Waals surface area contributed by atoms with E-state index in [1.165, 1.54) is 5.56 Å². The minimum Gasteiger partial charge on any atom is -0.497 e. The van der Waals surface area contributed by atoms with Gasteiger partial charge in [0.1, 0.15) is 5.75 Å². The summed E-state index contributed by atoms with van der Waals surface area (Å²) in [4.78, 5) is 7.08. The third-order valence-corrected chi connectivity index (χ3v) is 6.78. The van der Waals surface area contributed by atoms with Crippen LogP contribution in [0, 0.1) is 5.92 Å². The second-order valence-corrected chi connectivity index (χ2v) is 9.36. The van der Waals surface area contributed by atoms with E-state index in [4.69, 9.17) is 14.2 Å². The van der Waals surface area contributed by atoms with Gasteiger partial charge >= 0.3 is 0 Å². The van der Waals surface area contributed by atoms with Crippen LogP contribution in [-0.2, 0) is 14.9 Å². The van der Waals surface area contributed by atoms with Crippen LogP contribution in [0.3, 0.4) is 0 Å². The number of halogens is 1. The number of benzene rings is 1. The number of morpholine rings is 1. The van der Waals surface area contributed by atoms with Crippen LogP contribution in [0.2, 0.25) is 0 Å². The molecule has 1 aromatic rings. The Balaban J connectivity index is 0.00000385. The highest BCUT2D eigenvalue weighted by atomic mass is 127. The maximum absolute atomic E-state index is 5.69. The van der Waals surface area contributed by atoms with E-state index in [0.29, 0.717) is 12.0 Å². The average molecular weight is 575 g/mol. The van der Waals surface area contributed by atoms with Crippen molar-refractivity contribution in [1.29, 1.82) is 0 Å². The summed E-state index contributed by atoms with van der Waals surface area (Å²) in [5, 5.41) is 7.23. The molecule has 0 bridgehead atoms. The Morgan fingerprint density at radius 3 is 2.27 bits per heavy atom. The van der Waals surface area contributed by atoms with Crippen LogP contribution in [0.15, 0.2) is 29.3 Å². The van der Waals surface area contributed by atoms with Gasteiger partial charge in [0.2, 0.25) is 0 Å². The molecule has 2 saturated heterocycles. The van der Waals surface area contributed by atoms with Crippen LogP contribution in [-0.4, -0.2) is 83.7 Å². The van der Waals surface area contributed by atoms with Gasteiger partial charge in [-0.2, -0.15) is 0 Å². The molecule has 7 nitrogen and oxygen atoms in total. The summed E-state index contributed by atoms with van der Waals surface area (Å²) in [6.45, 7) is 11.5. The predicted octanol–water partition coefficient (Wildman–Crippen LogP) is 3.27. The molecule has 3 rings (SSSR count). The van der Waals surface area contributed by atoms with Crippen molar-refractivity contribution in [2.45, 2.75) is 44.6 Å². The molecule has 2 fully saturated rings. The Morgan fingerprint density at radius 2 is 1.70 bits per heavy atom. The highest BCUT2D eigenvalue weighted by molar-refractivity contribution is 14.0. The van der Waals surface area contributed by atoms with Gasteiger partial charge in [-0.1, -0.05) is 26.0 Å². The molecular weight excluding hydrogens is 531 g/mol. The zero-order valence-electron chi connectivity index (χ0n) is 20.8. The second kappa shape index (κ2) is 14.3. The standard InChI is InChI=1S/C25H42N4O3.HI/c1-20(2)17-22(29-11-15-32-16-12-29)18-27-24(26-3)28-19-25(9-13-31-14-10-25)21-5-7-23(30-4)8-6-21;/h5-8,20,22H,9-19H2,1-4H3,(H2,26,27,28);1H. The molecule has 2 N–H and O–H groups in total. The number of rotatable bonds is 9. The lowest BCUT2D eigenvalue weighted by atomic mass is 9.74. The largest absolute Gasteiger partial charge is 0.497 e. The van der Waals surface area contributed by atoms with Gasteiger partial charge in [0, 0.05) is 57.9 Å². The molecule has 188 valence electrons. The van der Waals surface area contributed by atoms with E-state index in [0.717, 1.165) is 83.6 Å². The molecule has 8 heteroatoms. The van der Waals surface area contributed by atoms with Gasteiger partial charge in [-0.05, 0) is 42.9 Å². The van der Waals surface area contributed by atoms with Crippen molar-refractivity contribution in [3.05, 3.63) is 29.8 Å². The number of nitrogens with one attached hydrogen (secondary N) is 2. The average Bonchev–Trinajstić information content (AvgIpc) is 2.84. The van der Waals surface area contributed by atoms with Crippen LogP contribution in [0.25, 0.3) is 0 Å². The van der Waals surface area contributed by atoms with E-state index in [2.05, 4.69) is 58.6 Å². The SMILES string of the molecule is CN=C(NCC(CC(C)C)N1CCOCC1)NCC1(c2ccc(OC)cc2)CCOCC1.I. The monoisotopic (exact) mass is 574 g/mol. The number of guanidine groups is 1. The first kappa shape index (κ1) is 28.1. The third kappa shape index (κ3) is 8.26. The Morgan fingerprint density at radius 1 is 1.06 bits per heavy atom. The number of methoxy groups -OCH3 is 1. The summed E-state index contributed by atoms with van der Waals surface area (Å²) >= 11 is 0.